The molecule has 0 bridgehead atoms. The molecule has 2 rings (SSSR count). The van der Waals surface area contributed by atoms with Gasteiger partial charge in [-0.15, -0.1) is 0 Å². The van der Waals surface area contributed by atoms with Gasteiger partial charge in [-0.1, -0.05) is 6.07 Å². The molecule has 0 saturated heterocycles. The normalized spacial score (nSPS) is 12.7. The van der Waals surface area contributed by atoms with E-state index >= 15 is 0 Å². The van der Waals surface area contributed by atoms with E-state index in [9.17, 15) is 19.8 Å². The summed E-state index contributed by atoms with van der Waals surface area (Å²) < 4.78 is 16.3. The first-order chi connectivity index (χ1) is 14.4. The van der Waals surface area contributed by atoms with Crippen LogP contribution in [0, 0.1) is 0 Å². The molecule has 2 atom stereocenters. The monoisotopic (exact) mass is 417 g/mol. The van der Waals surface area contributed by atoms with Crippen LogP contribution >= 0.6 is 0 Å². The highest BCUT2D eigenvalue weighted by molar-refractivity contribution is 5.95. The van der Waals surface area contributed by atoms with Gasteiger partial charge in [-0.25, -0.2) is 4.79 Å². The summed E-state index contributed by atoms with van der Waals surface area (Å²) in [5.74, 6) is 0.0952. The number of aliphatic hydroxyl groups is 1. The fourth-order valence-electron chi connectivity index (χ4n) is 2.96. The van der Waals surface area contributed by atoms with Crippen molar-refractivity contribution in [2.75, 3.05) is 25.6 Å². The number of nitrogens with one attached hydrogen (secondary N) is 1. The standard InChI is InChI=1S/C22H27NO7/c1-4-29-20(11-12-24)21(16-7-10-19(28-3)18(26)13-16)30-22(27)23-17-8-5-15(6-9-17)14(2)25/h5-10,13,20-21,24,26H,4,11-12H2,1-3H3,(H,23,27)/t20-,21-/m0/s1. The smallest absolute Gasteiger partial charge is 0.412 e. The third-order valence-corrected chi connectivity index (χ3v) is 4.44. The molecular weight excluding hydrogens is 390 g/mol. The maximum atomic E-state index is 12.5. The largest absolute Gasteiger partial charge is 0.504 e. The molecule has 162 valence electrons. The van der Waals surface area contributed by atoms with E-state index in [-0.39, 0.29) is 30.3 Å². The van der Waals surface area contributed by atoms with E-state index in [0.717, 1.165) is 0 Å². The molecule has 8 heteroatoms. The third-order valence-electron chi connectivity index (χ3n) is 4.44. The minimum absolute atomic E-state index is 0.0768. The maximum Gasteiger partial charge on any atom is 0.412 e. The van der Waals surface area contributed by atoms with Crippen LogP contribution in [0.4, 0.5) is 10.5 Å². The molecule has 0 aliphatic heterocycles. The Bertz CT molecular complexity index is 845. The average molecular weight is 417 g/mol. The Hall–Kier alpha value is -3.10. The lowest BCUT2D eigenvalue weighted by Gasteiger charge is -2.27. The first-order valence-electron chi connectivity index (χ1n) is 9.57. The number of methoxy groups -OCH3 is 1. The van der Waals surface area contributed by atoms with E-state index in [1.54, 1.807) is 43.3 Å². The number of aliphatic hydroxyl groups excluding tert-OH is 1. The molecule has 8 nitrogen and oxygen atoms in total. The number of anilines is 1. The molecule has 0 spiro atoms. The zero-order valence-electron chi connectivity index (χ0n) is 17.3. The lowest BCUT2D eigenvalue weighted by molar-refractivity contribution is -0.0484. The van der Waals surface area contributed by atoms with E-state index in [2.05, 4.69) is 5.32 Å². The van der Waals surface area contributed by atoms with Crippen molar-refractivity contribution < 1.29 is 34.0 Å². The fraction of sp³-hybridized carbons (Fsp3) is 0.364. The van der Waals surface area contributed by atoms with Crippen LogP contribution < -0.4 is 10.1 Å². The van der Waals surface area contributed by atoms with Crippen LogP contribution in [0.2, 0.25) is 0 Å². The number of hydrogen-bond donors (Lipinski definition) is 3. The van der Waals surface area contributed by atoms with E-state index in [0.29, 0.717) is 23.4 Å². The minimum atomic E-state index is -0.884. The first kappa shape index (κ1) is 23.2. The number of Topliss-reactive ketones (excluding diaryl/α,β-unsaturated/α-hetero) is 1. The highest BCUT2D eigenvalue weighted by atomic mass is 16.6. The molecule has 0 saturated carbocycles. The zero-order chi connectivity index (χ0) is 22.1. The molecule has 3 N–H and O–H groups in total. The summed E-state index contributed by atoms with van der Waals surface area (Å²) in [5, 5.41) is 22.1. The number of carbonyl (C=O) groups is 2. The number of aromatic hydroxyl groups is 1. The molecule has 0 heterocycles. The minimum Gasteiger partial charge on any atom is -0.504 e. The van der Waals surface area contributed by atoms with Gasteiger partial charge < -0.3 is 24.4 Å². The van der Waals surface area contributed by atoms with Crippen molar-refractivity contribution in [3.63, 3.8) is 0 Å². The quantitative estimate of drug-likeness (QED) is 0.505. The number of amides is 1. The van der Waals surface area contributed by atoms with Crippen molar-refractivity contribution in [1.82, 2.24) is 0 Å². The van der Waals surface area contributed by atoms with Gasteiger partial charge in [0.05, 0.1) is 7.11 Å². The molecule has 0 aliphatic rings. The van der Waals surface area contributed by atoms with Crippen molar-refractivity contribution in [2.45, 2.75) is 32.5 Å². The predicted octanol–water partition coefficient (Wildman–Crippen LogP) is 3.68. The highest BCUT2D eigenvalue weighted by Gasteiger charge is 2.28. The van der Waals surface area contributed by atoms with Crippen molar-refractivity contribution in [1.29, 1.82) is 0 Å². The Morgan fingerprint density at radius 1 is 1.13 bits per heavy atom. The zero-order valence-corrected chi connectivity index (χ0v) is 17.3. The van der Waals surface area contributed by atoms with Gasteiger partial charge in [-0.05, 0) is 55.8 Å². The molecule has 2 aromatic carbocycles. The Kier molecular flexibility index (Phi) is 8.64. The predicted molar refractivity (Wildman–Crippen MR) is 111 cm³/mol. The van der Waals surface area contributed by atoms with E-state index in [1.165, 1.54) is 20.1 Å². The molecule has 0 unspecified atom stereocenters. The SMILES string of the molecule is CCO[C@@H](CCO)[C@@H](OC(=O)Nc1ccc(C(C)=O)cc1)c1ccc(OC)c(O)c1. The number of phenols is 1. The van der Waals surface area contributed by atoms with Gasteiger partial charge in [0.1, 0.15) is 6.10 Å². The van der Waals surface area contributed by atoms with Gasteiger partial charge in [0.25, 0.3) is 0 Å². The lowest BCUT2D eigenvalue weighted by Crippen LogP contribution is -2.29. The van der Waals surface area contributed by atoms with Gasteiger partial charge in [-0.3, -0.25) is 10.1 Å². The molecule has 30 heavy (non-hydrogen) atoms. The van der Waals surface area contributed by atoms with Gasteiger partial charge in [0.15, 0.2) is 23.4 Å². The van der Waals surface area contributed by atoms with Crippen LogP contribution in [0.15, 0.2) is 42.5 Å². The number of phenolic OH excluding ortho intramolecular Hbond substituents is 1. The van der Waals surface area contributed by atoms with Crippen molar-refractivity contribution in [3.8, 4) is 11.5 Å². The second-order valence-corrected chi connectivity index (χ2v) is 6.52. The average Bonchev–Trinajstić information content (AvgIpc) is 2.72. The van der Waals surface area contributed by atoms with Crippen LogP contribution in [0.5, 0.6) is 11.5 Å². The summed E-state index contributed by atoms with van der Waals surface area (Å²) in [6.07, 6.45) is -2.02. The molecule has 1 amide bonds. The molecule has 0 fully saturated rings. The number of carbonyl (C=O) groups excluding carboxylic acids is 2. The summed E-state index contributed by atoms with van der Waals surface area (Å²) in [4.78, 5) is 23.9. The van der Waals surface area contributed by atoms with E-state index in [4.69, 9.17) is 14.2 Å². The Balaban J connectivity index is 2.23. The second-order valence-electron chi connectivity index (χ2n) is 6.52. The number of ketones is 1. The number of hydrogen-bond acceptors (Lipinski definition) is 7. The van der Waals surface area contributed by atoms with Gasteiger partial charge in [-0.2, -0.15) is 0 Å². The summed E-state index contributed by atoms with van der Waals surface area (Å²) >= 11 is 0. The Morgan fingerprint density at radius 3 is 2.37 bits per heavy atom. The second kappa shape index (κ2) is 11.2. The third kappa shape index (κ3) is 6.20. The van der Waals surface area contributed by atoms with Crippen LogP contribution in [-0.2, 0) is 9.47 Å². The summed E-state index contributed by atoms with van der Waals surface area (Å²) in [5.41, 5.74) is 1.47. The van der Waals surface area contributed by atoms with Crippen LogP contribution in [0.3, 0.4) is 0 Å². The number of rotatable bonds is 10. The van der Waals surface area contributed by atoms with Gasteiger partial charge >= 0.3 is 6.09 Å². The van der Waals surface area contributed by atoms with Gasteiger partial charge in [0, 0.05) is 30.9 Å². The first-order valence-corrected chi connectivity index (χ1v) is 9.57. The molecule has 0 aromatic heterocycles. The Morgan fingerprint density at radius 2 is 1.83 bits per heavy atom. The maximum absolute atomic E-state index is 12.5. The van der Waals surface area contributed by atoms with E-state index in [1.807, 2.05) is 0 Å². The van der Waals surface area contributed by atoms with Gasteiger partial charge in [0.2, 0.25) is 0 Å². The summed E-state index contributed by atoms with van der Waals surface area (Å²) in [7, 11) is 1.43. The fourth-order valence-corrected chi connectivity index (χ4v) is 2.96. The number of ether oxygens (including phenoxy) is 3. The van der Waals surface area contributed by atoms with E-state index < -0.39 is 18.3 Å². The summed E-state index contributed by atoms with van der Waals surface area (Å²) in [6.45, 7) is 3.44. The molecule has 0 aliphatic carbocycles. The highest BCUT2D eigenvalue weighted by Crippen LogP contribution is 2.33. The molecular formula is C22H27NO7. The van der Waals surface area contributed by atoms with Crippen molar-refractivity contribution >= 4 is 17.6 Å². The molecule has 0 radical (unpaired) electrons. The van der Waals surface area contributed by atoms with Crippen molar-refractivity contribution in [3.05, 3.63) is 53.6 Å². The Labute approximate surface area is 175 Å². The van der Waals surface area contributed by atoms with Crippen LogP contribution in [0.25, 0.3) is 0 Å². The van der Waals surface area contributed by atoms with Crippen molar-refractivity contribution in [2.24, 2.45) is 0 Å². The topological polar surface area (TPSA) is 114 Å². The lowest BCUT2D eigenvalue weighted by atomic mass is 10.0. The van der Waals surface area contributed by atoms with Crippen LogP contribution in [0.1, 0.15) is 42.3 Å². The number of benzene rings is 2. The summed E-state index contributed by atoms with van der Waals surface area (Å²) in [6, 6.07) is 11.0. The molecule has 2 aromatic rings. The van der Waals surface area contributed by atoms with Crippen LogP contribution in [-0.4, -0.2) is 48.5 Å².